The lowest BCUT2D eigenvalue weighted by atomic mass is 10.0. The van der Waals surface area contributed by atoms with Crippen LogP contribution in [0.1, 0.15) is 29.9 Å². The van der Waals surface area contributed by atoms with Crippen molar-refractivity contribution in [2.75, 3.05) is 5.32 Å². The van der Waals surface area contributed by atoms with Crippen molar-refractivity contribution < 1.29 is 9.15 Å². The summed E-state index contributed by atoms with van der Waals surface area (Å²) < 4.78 is 11.6. The standard InChI is InChI=1S/C15H17NO2/c1-9-7-10(2)14-12(8-9)16-11(3)15(18-14)13-5-4-6-17-13/h4-8,11,15-16H,1-3H3. The summed E-state index contributed by atoms with van der Waals surface area (Å²) >= 11 is 0. The maximum Gasteiger partial charge on any atom is 0.176 e. The molecule has 2 atom stereocenters. The van der Waals surface area contributed by atoms with Crippen molar-refractivity contribution in [1.29, 1.82) is 0 Å². The molecule has 1 aromatic heterocycles. The minimum absolute atomic E-state index is 0.0751. The largest absolute Gasteiger partial charge is 0.478 e. The van der Waals surface area contributed by atoms with Crippen LogP contribution < -0.4 is 10.1 Å². The molecule has 0 saturated carbocycles. The summed E-state index contributed by atoms with van der Waals surface area (Å²) in [6.45, 7) is 6.27. The smallest absolute Gasteiger partial charge is 0.176 e. The molecule has 0 saturated heterocycles. The van der Waals surface area contributed by atoms with Crippen LogP contribution in [0.25, 0.3) is 0 Å². The average Bonchev–Trinajstić information content (AvgIpc) is 2.81. The van der Waals surface area contributed by atoms with Crippen LogP contribution in [0, 0.1) is 13.8 Å². The lowest BCUT2D eigenvalue weighted by Crippen LogP contribution is -2.32. The molecule has 1 N–H and O–H groups in total. The highest BCUT2D eigenvalue weighted by atomic mass is 16.5. The number of ether oxygens (including phenoxy) is 1. The maximum atomic E-state index is 6.12. The molecule has 3 rings (SSSR count). The number of aryl methyl sites for hydroxylation is 2. The van der Waals surface area contributed by atoms with Crippen molar-refractivity contribution >= 4 is 5.69 Å². The van der Waals surface area contributed by atoms with Gasteiger partial charge in [0, 0.05) is 0 Å². The van der Waals surface area contributed by atoms with Crippen molar-refractivity contribution in [2.45, 2.75) is 32.9 Å². The van der Waals surface area contributed by atoms with Gasteiger partial charge in [0.1, 0.15) is 11.5 Å². The number of fused-ring (bicyclic) bond motifs is 1. The molecule has 0 radical (unpaired) electrons. The topological polar surface area (TPSA) is 34.4 Å². The second kappa shape index (κ2) is 4.09. The van der Waals surface area contributed by atoms with E-state index in [1.165, 1.54) is 5.56 Å². The molecule has 0 fully saturated rings. The molecular weight excluding hydrogens is 226 g/mol. The van der Waals surface area contributed by atoms with Crippen LogP contribution in [0.15, 0.2) is 34.9 Å². The third-order valence-electron chi connectivity index (χ3n) is 3.32. The third kappa shape index (κ3) is 1.76. The first-order valence-electron chi connectivity index (χ1n) is 6.23. The number of benzene rings is 1. The summed E-state index contributed by atoms with van der Waals surface area (Å²) in [6, 6.07) is 8.29. The fraction of sp³-hybridized carbons (Fsp3) is 0.333. The summed E-state index contributed by atoms with van der Waals surface area (Å²) in [4.78, 5) is 0. The van der Waals surface area contributed by atoms with Gasteiger partial charge in [0.15, 0.2) is 6.10 Å². The zero-order chi connectivity index (χ0) is 12.7. The zero-order valence-electron chi connectivity index (χ0n) is 10.9. The van der Waals surface area contributed by atoms with E-state index in [1.807, 2.05) is 12.1 Å². The molecule has 2 unspecified atom stereocenters. The number of nitrogens with one attached hydrogen (secondary N) is 1. The molecule has 2 heterocycles. The highest BCUT2D eigenvalue weighted by Crippen LogP contribution is 2.40. The Morgan fingerprint density at radius 2 is 2.06 bits per heavy atom. The molecule has 3 nitrogen and oxygen atoms in total. The van der Waals surface area contributed by atoms with Crippen LogP contribution in [0.5, 0.6) is 5.75 Å². The van der Waals surface area contributed by atoms with E-state index >= 15 is 0 Å². The first-order valence-corrected chi connectivity index (χ1v) is 6.23. The third-order valence-corrected chi connectivity index (χ3v) is 3.32. The van der Waals surface area contributed by atoms with E-state index in [0.29, 0.717) is 0 Å². The minimum Gasteiger partial charge on any atom is -0.478 e. The molecule has 0 bridgehead atoms. The highest BCUT2D eigenvalue weighted by Gasteiger charge is 2.30. The zero-order valence-corrected chi connectivity index (χ0v) is 10.9. The first-order chi connectivity index (χ1) is 8.65. The van der Waals surface area contributed by atoms with Crippen LogP contribution in [-0.2, 0) is 0 Å². The van der Waals surface area contributed by atoms with Crippen LogP contribution in [0.3, 0.4) is 0 Å². The molecule has 0 amide bonds. The number of anilines is 1. The van der Waals surface area contributed by atoms with E-state index in [1.54, 1.807) is 6.26 Å². The fourth-order valence-corrected chi connectivity index (χ4v) is 2.53. The predicted octanol–water partition coefficient (Wildman–Crippen LogP) is 3.83. The van der Waals surface area contributed by atoms with Crippen LogP contribution in [-0.4, -0.2) is 6.04 Å². The molecule has 18 heavy (non-hydrogen) atoms. The minimum atomic E-state index is -0.0751. The van der Waals surface area contributed by atoms with Gasteiger partial charge in [0.05, 0.1) is 18.0 Å². The summed E-state index contributed by atoms with van der Waals surface area (Å²) in [6.07, 6.45) is 1.61. The monoisotopic (exact) mass is 243 g/mol. The van der Waals surface area contributed by atoms with Crippen molar-refractivity contribution in [3.63, 3.8) is 0 Å². The van der Waals surface area contributed by atoms with E-state index in [-0.39, 0.29) is 12.1 Å². The van der Waals surface area contributed by atoms with Crippen molar-refractivity contribution in [2.24, 2.45) is 0 Å². The lowest BCUT2D eigenvalue weighted by Gasteiger charge is -2.33. The van der Waals surface area contributed by atoms with E-state index in [9.17, 15) is 0 Å². The van der Waals surface area contributed by atoms with Gasteiger partial charge >= 0.3 is 0 Å². The van der Waals surface area contributed by atoms with Crippen molar-refractivity contribution in [1.82, 2.24) is 0 Å². The Bertz CT molecular complexity index is 560. The Balaban J connectivity index is 2.01. The van der Waals surface area contributed by atoms with E-state index in [0.717, 1.165) is 22.8 Å². The van der Waals surface area contributed by atoms with E-state index in [2.05, 4.69) is 38.2 Å². The van der Waals surface area contributed by atoms with Crippen LogP contribution in [0.4, 0.5) is 5.69 Å². The number of hydrogen-bond acceptors (Lipinski definition) is 3. The van der Waals surface area contributed by atoms with E-state index in [4.69, 9.17) is 9.15 Å². The summed E-state index contributed by atoms with van der Waals surface area (Å²) in [7, 11) is 0. The fourth-order valence-electron chi connectivity index (χ4n) is 2.53. The molecule has 94 valence electrons. The highest BCUT2D eigenvalue weighted by molar-refractivity contribution is 5.63. The van der Waals surface area contributed by atoms with Gasteiger partial charge in [-0.2, -0.15) is 0 Å². The normalized spacial score (nSPS) is 21.9. The Morgan fingerprint density at radius 1 is 1.22 bits per heavy atom. The summed E-state index contributed by atoms with van der Waals surface area (Å²) in [5, 5.41) is 3.49. The number of rotatable bonds is 1. The second-order valence-electron chi connectivity index (χ2n) is 4.95. The maximum absolute atomic E-state index is 6.12. The average molecular weight is 243 g/mol. The van der Waals surface area contributed by atoms with Gasteiger partial charge < -0.3 is 14.5 Å². The van der Waals surface area contributed by atoms with Gasteiger partial charge in [0.2, 0.25) is 0 Å². The molecule has 1 aromatic carbocycles. The van der Waals surface area contributed by atoms with Gasteiger partial charge in [0.25, 0.3) is 0 Å². The molecular formula is C15H17NO2. The first kappa shape index (κ1) is 11.2. The van der Waals surface area contributed by atoms with Gasteiger partial charge in [-0.25, -0.2) is 0 Å². The van der Waals surface area contributed by atoms with Gasteiger partial charge in [-0.15, -0.1) is 0 Å². The SMILES string of the molecule is Cc1cc(C)c2c(c1)NC(C)C(c1ccco1)O2. The quantitative estimate of drug-likeness (QED) is 0.826. The van der Waals surface area contributed by atoms with Crippen LogP contribution >= 0.6 is 0 Å². The lowest BCUT2D eigenvalue weighted by molar-refractivity contribution is 0.149. The van der Waals surface area contributed by atoms with Gasteiger partial charge in [-0.3, -0.25) is 0 Å². The molecule has 3 heteroatoms. The summed E-state index contributed by atoms with van der Waals surface area (Å²) in [5.74, 6) is 1.79. The second-order valence-corrected chi connectivity index (χ2v) is 4.95. The van der Waals surface area contributed by atoms with E-state index < -0.39 is 0 Å². The van der Waals surface area contributed by atoms with Crippen molar-refractivity contribution in [3.8, 4) is 5.75 Å². The Labute approximate surface area is 107 Å². The predicted molar refractivity (Wildman–Crippen MR) is 71.1 cm³/mol. The molecule has 0 spiro atoms. The molecule has 1 aliphatic heterocycles. The Kier molecular flexibility index (Phi) is 2.54. The Morgan fingerprint density at radius 3 is 2.78 bits per heavy atom. The number of furan rings is 1. The molecule has 0 aliphatic carbocycles. The van der Waals surface area contributed by atoms with Gasteiger partial charge in [-0.1, -0.05) is 6.07 Å². The molecule has 1 aliphatic rings. The van der Waals surface area contributed by atoms with Crippen LogP contribution in [0.2, 0.25) is 0 Å². The van der Waals surface area contributed by atoms with Crippen molar-refractivity contribution in [3.05, 3.63) is 47.4 Å². The Hall–Kier alpha value is -1.90. The number of hydrogen-bond donors (Lipinski definition) is 1. The van der Waals surface area contributed by atoms with Gasteiger partial charge in [-0.05, 0) is 50.1 Å². The summed E-state index contributed by atoms with van der Waals surface area (Å²) in [5.41, 5.74) is 3.47. The molecule has 2 aromatic rings.